The monoisotopic (exact) mass is 290 g/mol. The van der Waals surface area contributed by atoms with Gasteiger partial charge in [0, 0.05) is 12.5 Å². The van der Waals surface area contributed by atoms with E-state index >= 15 is 0 Å². The zero-order chi connectivity index (χ0) is 13.1. The van der Waals surface area contributed by atoms with Crippen LogP contribution in [0.25, 0.3) is 0 Å². The minimum atomic E-state index is -0.458. The molecule has 0 aromatic rings. The van der Waals surface area contributed by atoms with Gasteiger partial charge in [-0.05, 0) is 37.5 Å². The predicted octanol–water partition coefficient (Wildman–Crippen LogP) is 0.993. The molecule has 0 radical (unpaired) electrons. The summed E-state index contributed by atoms with van der Waals surface area (Å²) < 4.78 is 4.73. The first kappa shape index (κ1) is 16.2. The van der Waals surface area contributed by atoms with E-state index < -0.39 is 6.04 Å². The smallest absolute Gasteiger partial charge is 0.328 e. The summed E-state index contributed by atoms with van der Waals surface area (Å²) in [6, 6.07) is -0.326. The average molecular weight is 291 g/mol. The number of nitrogens with two attached hydrogens (primary N) is 1. The Bertz CT molecular complexity index is 334. The molecule has 6 heteroatoms. The molecule has 2 rings (SSSR count). The predicted molar refractivity (Wildman–Crippen MR) is 73.9 cm³/mol. The van der Waals surface area contributed by atoms with Crippen molar-refractivity contribution in [3.8, 4) is 0 Å². The molecule has 0 bridgehead atoms. The van der Waals surface area contributed by atoms with Crippen molar-refractivity contribution in [1.29, 1.82) is 0 Å². The highest BCUT2D eigenvalue weighted by Crippen LogP contribution is 2.33. The first-order chi connectivity index (χ1) is 8.61. The lowest BCUT2D eigenvalue weighted by molar-refractivity contribution is -0.145. The van der Waals surface area contributed by atoms with Crippen molar-refractivity contribution in [3.05, 3.63) is 0 Å². The Morgan fingerprint density at radius 3 is 2.47 bits per heavy atom. The van der Waals surface area contributed by atoms with Gasteiger partial charge in [0.2, 0.25) is 5.91 Å². The summed E-state index contributed by atoms with van der Waals surface area (Å²) in [6.07, 6.45) is 5.53. The molecule has 1 amide bonds. The number of carbonyl (C=O) groups excluding carboxylic acids is 2. The lowest BCUT2D eigenvalue weighted by atomic mass is 9.99. The van der Waals surface area contributed by atoms with Crippen LogP contribution < -0.4 is 11.1 Å². The van der Waals surface area contributed by atoms with E-state index in [9.17, 15) is 9.59 Å². The molecule has 2 aliphatic carbocycles. The van der Waals surface area contributed by atoms with Crippen molar-refractivity contribution in [2.75, 3.05) is 7.11 Å². The summed E-state index contributed by atoms with van der Waals surface area (Å²) in [7, 11) is 1.36. The molecule has 1 unspecified atom stereocenters. The summed E-state index contributed by atoms with van der Waals surface area (Å²) in [4.78, 5) is 23.5. The van der Waals surface area contributed by atoms with Crippen LogP contribution >= 0.6 is 12.4 Å². The number of rotatable bonds is 5. The van der Waals surface area contributed by atoms with E-state index in [1.165, 1.54) is 7.11 Å². The van der Waals surface area contributed by atoms with Crippen LogP contribution in [0.5, 0.6) is 0 Å². The SMILES string of the molecule is COC(=O)C(NC(=O)C[C@@H]1CCC[C@H]1N)C1CC1.Cl. The fraction of sp³-hybridized carbons (Fsp3) is 0.846. The third-order valence-corrected chi connectivity index (χ3v) is 4.03. The highest BCUT2D eigenvalue weighted by Gasteiger charge is 2.38. The van der Waals surface area contributed by atoms with E-state index in [0.29, 0.717) is 6.42 Å². The van der Waals surface area contributed by atoms with Gasteiger partial charge in [-0.3, -0.25) is 4.79 Å². The van der Waals surface area contributed by atoms with Gasteiger partial charge in [-0.25, -0.2) is 4.79 Å². The van der Waals surface area contributed by atoms with Crippen LogP contribution in [0.15, 0.2) is 0 Å². The molecular formula is C13H23ClN2O3. The first-order valence-electron chi connectivity index (χ1n) is 6.74. The summed E-state index contributed by atoms with van der Waals surface area (Å²) in [5.74, 6) is 0.127. The normalized spacial score (nSPS) is 27.3. The van der Waals surface area contributed by atoms with E-state index in [2.05, 4.69) is 5.32 Å². The van der Waals surface area contributed by atoms with Gasteiger partial charge in [0.05, 0.1) is 7.11 Å². The minimum Gasteiger partial charge on any atom is -0.467 e. The number of hydrogen-bond acceptors (Lipinski definition) is 4. The molecule has 5 nitrogen and oxygen atoms in total. The molecule has 0 aromatic heterocycles. The van der Waals surface area contributed by atoms with E-state index in [1.807, 2.05) is 0 Å². The second-order valence-electron chi connectivity index (χ2n) is 5.46. The molecule has 2 saturated carbocycles. The number of esters is 1. The molecule has 0 aliphatic heterocycles. The first-order valence-corrected chi connectivity index (χ1v) is 6.74. The van der Waals surface area contributed by atoms with Crippen LogP contribution in [0.3, 0.4) is 0 Å². The van der Waals surface area contributed by atoms with Gasteiger partial charge in [-0.2, -0.15) is 0 Å². The lowest BCUT2D eigenvalue weighted by Crippen LogP contribution is -2.44. The van der Waals surface area contributed by atoms with Crippen LogP contribution in [0.2, 0.25) is 0 Å². The maximum Gasteiger partial charge on any atom is 0.328 e. The average Bonchev–Trinajstić information content (AvgIpc) is 3.11. The van der Waals surface area contributed by atoms with Crippen molar-refractivity contribution in [1.82, 2.24) is 5.32 Å². The van der Waals surface area contributed by atoms with E-state index in [4.69, 9.17) is 10.5 Å². The van der Waals surface area contributed by atoms with Gasteiger partial charge < -0.3 is 15.8 Å². The fourth-order valence-electron chi connectivity index (χ4n) is 2.72. The Balaban J connectivity index is 0.00000180. The van der Waals surface area contributed by atoms with Gasteiger partial charge >= 0.3 is 5.97 Å². The van der Waals surface area contributed by atoms with Crippen molar-refractivity contribution < 1.29 is 14.3 Å². The van der Waals surface area contributed by atoms with Crippen molar-refractivity contribution in [3.63, 3.8) is 0 Å². The fourth-order valence-corrected chi connectivity index (χ4v) is 2.72. The molecule has 3 atom stereocenters. The second kappa shape index (κ2) is 7.10. The number of nitrogens with one attached hydrogen (secondary N) is 1. The molecule has 0 spiro atoms. The number of amides is 1. The number of methoxy groups -OCH3 is 1. The summed E-state index contributed by atoms with van der Waals surface area (Å²) in [6.45, 7) is 0. The molecule has 0 aromatic carbocycles. The quantitative estimate of drug-likeness (QED) is 0.740. The van der Waals surface area contributed by atoms with Crippen LogP contribution in [-0.4, -0.2) is 31.1 Å². The van der Waals surface area contributed by atoms with E-state index in [-0.39, 0.29) is 42.2 Å². The number of ether oxygens (including phenoxy) is 1. The maximum absolute atomic E-state index is 11.9. The topological polar surface area (TPSA) is 81.4 Å². The number of hydrogen-bond donors (Lipinski definition) is 2. The second-order valence-corrected chi connectivity index (χ2v) is 5.46. The molecule has 0 heterocycles. The lowest BCUT2D eigenvalue weighted by Gasteiger charge is -2.19. The molecule has 110 valence electrons. The summed E-state index contributed by atoms with van der Waals surface area (Å²) in [5.41, 5.74) is 5.94. The molecule has 0 saturated heterocycles. The molecule has 2 aliphatic rings. The van der Waals surface area contributed by atoms with Crippen LogP contribution in [-0.2, 0) is 14.3 Å². The molecule has 3 N–H and O–H groups in total. The number of carbonyl (C=O) groups is 2. The van der Waals surface area contributed by atoms with Crippen LogP contribution in [0, 0.1) is 11.8 Å². The summed E-state index contributed by atoms with van der Waals surface area (Å²) in [5, 5.41) is 2.81. The van der Waals surface area contributed by atoms with Gasteiger partial charge in [0.25, 0.3) is 0 Å². The maximum atomic E-state index is 11.9. The van der Waals surface area contributed by atoms with E-state index in [0.717, 1.165) is 32.1 Å². The third-order valence-electron chi connectivity index (χ3n) is 4.03. The van der Waals surface area contributed by atoms with Gasteiger partial charge in [-0.1, -0.05) is 6.42 Å². The van der Waals surface area contributed by atoms with Gasteiger partial charge in [-0.15, -0.1) is 12.4 Å². The Hall–Kier alpha value is -0.810. The zero-order valence-electron chi connectivity index (χ0n) is 11.3. The Kier molecular flexibility index (Phi) is 6.07. The van der Waals surface area contributed by atoms with E-state index in [1.54, 1.807) is 0 Å². The summed E-state index contributed by atoms with van der Waals surface area (Å²) >= 11 is 0. The Labute approximate surface area is 120 Å². The minimum absolute atomic E-state index is 0. The largest absolute Gasteiger partial charge is 0.467 e. The highest BCUT2D eigenvalue weighted by molar-refractivity contribution is 5.85. The Morgan fingerprint density at radius 2 is 2.00 bits per heavy atom. The van der Waals surface area contributed by atoms with Gasteiger partial charge in [0.15, 0.2) is 0 Å². The molecule has 19 heavy (non-hydrogen) atoms. The molecule has 2 fully saturated rings. The van der Waals surface area contributed by atoms with Crippen molar-refractivity contribution in [2.24, 2.45) is 17.6 Å². The molecular weight excluding hydrogens is 268 g/mol. The third kappa shape index (κ3) is 4.35. The number of halogens is 1. The zero-order valence-corrected chi connectivity index (χ0v) is 12.1. The van der Waals surface area contributed by atoms with Gasteiger partial charge in [0.1, 0.15) is 6.04 Å². The highest BCUT2D eigenvalue weighted by atomic mass is 35.5. The standard InChI is InChI=1S/C13H22N2O3.ClH/c1-18-13(17)12(8-5-6-8)15-11(16)7-9-3-2-4-10(9)14;/h8-10,12H,2-7,14H2,1H3,(H,15,16);1H/t9-,10+,12?;/m0./s1. The van der Waals surface area contributed by atoms with Crippen LogP contribution in [0.1, 0.15) is 38.5 Å². The van der Waals surface area contributed by atoms with Crippen molar-refractivity contribution >= 4 is 24.3 Å². The van der Waals surface area contributed by atoms with Crippen molar-refractivity contribution in [2.45, 2.75) is 50.6 Å². The van der Waals surface area contributed by atoms with Crippen LogP contribution in [0.4, 0.5) is 0 Å². The Morgan fingerprint density at radius 1 is 1.32 bits per heavy atom.